The van der Waals surface area contributed by atoms with Gasteiger partial charge in [-0.15, -0.1) is 0 Å². The number of rotatable bonds is 6. The fourth-order valence-corrected chi connectivity index (χ4v) is 5.24. The van der Waals surface area contributed by atoms with Crippen LogP contribution >= 0.6 is 23.4 Å². The Morgan fingerprint density at radius 2 is 1.86 bits per heavy atom. The highest BCUT2D eigenvalue weighted by Gasteiger charge is 2.27. The van der Waals surface area contributed by atoms with E-state index >= 15 is 0 Å². The summed E-state index contributed by atoms with van der Waals surface area (Å²) in [5.41, 5.74) is 1.64. The fraction of sp³-hybridized carbons (Fsp3) is 0.263. The van der Waals surface area contributed by atoms with Gasteiger partial charge in [0.25, 0.3) is 0 Å². The van der Waals surface area contributed by atoms with Crippen molar-refractivity contribution in [3.63, 3.8) is 0 Å². The van der Waals surface area contributed by atoms with Crippen molar-refractivity contribution in [2.24, 2.45) is 0 Å². The van der Waals surface area contributed by atoms with Gasteiger partial charge in [0, 0.05) is 35.6 Å². The number of hydrogen-bond donors (Lipinski definition) is 0. The third-order valence-corrected chi connectivity index (χ3v) is 7.53. The Balaban J connectivity index is 1.40. The van der Waals surface area contributed by atoms with Crippen molar-refractivity contribution in [3.05, 3.63) is 59.6 Å². The van der Waals surface area contributed by atoms with Gasteiger partial charge in [-0.2, -0.15) is 4.31 Å². The van der Waals surface area contributed by atoms with Gasteiger partial charge in [0.2, 0.25) is 15.9 Å². The summed E-state index contributed by atoms with van der Waals surface area (Å²) in [6, 6.07) is 10.6. The highest BCUT2D eigenvalue weighted by Crippen LogP contribution is 2.26. The van der Waals surface area contributed by atoms with Crippen LogP contribution in [0.1, 0.15) is 18.5 Å². The molecule has 0 atom stereocenters. The smallest absolute Gasteiger partial charge is 0.244 e. The van der Waals surface area contributed by atoms with Gasteiger partial charge in [0.1, 0.15) is 11.2 Å². The molecule has 6 nitrogen and oxygen atoms in total. The number of oxazole rings is 1. The maximum absolute atomic E-state index is 12.5. The summed E-state index contributed by atoms with van der Waals surface area (Å²) >= 11 is 7.37. The molecule has 0 radical (unpaired) electrons. The number of aromatic nitrogens is 2. The largest absolute Gasteiger partial charge is 0.444 e. The van der Waals surface area contributed by atoms with Crippen LogP contribution in [0.4, 0.5) is 0 Å². The molecule has 0 amide bonds. The van der Waals surface area contributed by atoms with Crippen molar-refractivity contribution < 1.29 is 12.8 Å². The fourth-order valence-electron chi connectivity index (χ4n) is 2.93. The van der Waals surface area contributed by atoms with E-state index in [1.165, 1.54) is 22.3 Å². The highest BCUT2D eigenvalue weighted by atomic mass is 35.5. The minimum Gasteiger partial charge on any atom is -0.444 e. The number of sulfonamides is 1. The zero-order valence-corrected chi connectivity index (χ0v) is 17.3. The summed E-state index contributed by atoms with van der Waals surface area (Å²) in [5.74, 6) is 1.11. The first-order chi connectivity index (χ1) is 13.5. The molecule has 9 heteroatoms. The van der Waals surface area contributed by atoms with Crippen molar-refractivity contribution in [1.82, 2.24) is 14.3 Å². The standard InChI is InChI=1S/C19H18ClN3O3S2/c20-15-5-3-14(4-6-15)19-22-16(12-26-19)13-27-18-8-7-17(11-21-18)28(24,25)23-9-1-2-10-23/h3-8,11-12H,1-2,9-10,13H2. The Labute approximate surface area is 173 Å². The van der Waals surface area contributed by atoms with Gasteiger partial charge in [-0.05, 0) is 49.2 Å². The average Bonchev–Trinajstić information content (AvgIpc) is 3.40. The summed E-state index contributed by atoms with van der Waals surface area (Å²) in [7, 11) is -3.43. The van der Waals surface area contributed by atoms with Crippen LogP contribution in [0, 0.1) is 0 Å². The Kier molecular flexibility index (Phi) is 5.73. The summed E-state index contributed by atoms with van der Waals surface area (Å²) in [5, 5.41) is 1.39. The van der Waals surface area contributed by atoms with E-state index in [4.69, 9.17) is 16.0 Å². The summed E-state index contributed by atoms with van der Waals surface area (Å²) in [6.07, 6.45) is 4.87. The van der Waals surface area contributed by atoms with Crippen LogP contribution in [0.15, 0.2) is 63.2 Å². The van der Waals surface area contributed by atoms with E-state index in [1.54, 1.807) is 30.5 Å². The molecule has 1 saturated heterocycles. The zero-order valence-electron chi connectivity index (χ0n) is 14.9. The molecule has 0 aliphatic carbocycles. The van der Waals surface area contributed by atoms with Crippen LogP contribution in [-0.2, 0) is 15.8 Å². The SMILES string of the molecule is O=S(=O)(c1ccc(SCc2coc(-c3ccc(Cl)cc3)n2)nc1)N1CCCC1. The normalized spacial score (nSPS) is 15.2. The third kappa shape index (κ3) is 4.25. The molecule has 1 aliphatic rings. The second-order valence-corrected chi connectivity index (χ2v) is 9.75. The third-order valence-electron chi connectivity index (χ3n) is 4.42. The van der Waals surface area contributed by atoms with Gasteiger partial charge in [-0.25, -0.2) is 18.4 Å². The molecule has 0 N–H and O–H groups in total. The molecule has 3 heterocycles. The van der Waals surface area contributed by atoms with E-state index in [0.717, 1.165) is 29.1 Å². The van der Waals surface area contributed by atoms with E-state index in [2.05, 4.69) is 9.97 Å². The van der Waals surface area contributed by atoms with Crippen LogP contribution in [0.5, 0.6) is 0 Å². The number of nitrogens with zero attached hydrogens (tertiary/aromatic N) is 3. The first kappa shape index (κ1) is 19.4. The van der Waals surface area contributed by atoms with Gasteiger partial charge in [0.05, 0.1) is 10.7 Å². The molecule has 1 fully saturated rings. The average molecular weight is 436 g/mol. The summed E-state index contributed by atoms with van der Waals surface area (Å²) in [6.45, 7) is 1.17. The molecular formula is C19H18ClN3O3S2. The number of pyridine rings is 1. The second-order valence-electron chi connectivity index (χ2n) is 6.38. The Morgan fingerprint density at radius 3 is 2.54 bits per heavy atom. The molecule has 4 rings (SSSR count). The molecule has 0 bridgehead atoms. The van der Waals surface area contributed by atoms with Crippen LogP contribution < -0.4 is 0 Å². The summed E-state index contributed by atoms with van der Waals surface area (Å²) < 4.78 is 32.1. The maximum atomic E-state index is 12.5. The number of hydrogen-bond acceptors (Lipinski definition) is 6. The first-order valence-corrected chi connectivity index (χ1v) is 11.6. The topological polar surface area (TPSA) is 76.3 Å². The predicted octanol–water partition coefficient (Wildman–Crippen LogP) is 4.47. The lowest BCUT2D eigenvalue weighted by molar-refractivity contribution is 0.477. The molecule has 146 valence electrons. The van der Waals surface area contributed by atoms with Crippen molar-refractivity contribution in [1.29, 1.82) is 0 Å². The molecule has 1 aromatic carbocycles. The number of thioether (sulfide) groups is 1. The first-order valence-electron chi connectivity index (χ1n) is 8.82. The molecule has 1 aliphatic heterocycles. The molecular weight excluding hydrogens is 418 g/mol. The second kappa shape index (κ2) is 8.24. The lowest BCUT2D eigenvalue weighted by Gasteiger charge is -2.15. The van der Waals surface area contributed by atoms with Crippen molar-refractivity contribution >= 4 is 33.4 Å². The van der Waals surface area contributed by atoms with E-state index in [1.807, 2.05) is 12.1 Å². The Bertz CT molecular complexity index is 1040. The van der Waals surface area contributed by atoms with E-state index in [0.29, 0.717) is 29.8 Å². The molecule has 28 heavy (non-hydrogen) atoms. The minimum absolute atomic E-state index is 0.241. The van der Waals surface area contributed by atoms with Crippen LogP contribution in [0.2, 0.25) is 5.02 Å². The van der Waals surface area contributed by atoms with Crippen LogP contribution in [0.3, 0.4) is 0 Å². The Hall–Kier alpha value is -1.87. The zero-order chi connectivity index (χ0) is 19.6. The lowest BCUT2D eigenvalue weighted by Crippen LogP contribution is -2.27. The minimum atomic E-state index is -3.43. The van der Waals surface area contributed by atoms with Gasteiger partial charge in [-0.1, -0.05) is 23.4 Å². The number of benzene rings is 1. The quantitative estimate of drug-likeness (QED) is 0.532. The van der Waals surface area contributed by atoms with Gasteiger partial charge >= 0.3 is 0 Å². The molecule has 0 unspecified atom stereocenters. The predicted molar refractivity (Wildman–Crippen MR) is 109 cm³/mol. The molecule has 0 saturated carbocycles. The maximum Gasteiger partial charge on any atom is 0.244 e. The summed E-state index contributed by atoms with van der Waals surface area (Å²) in [4.78, 5) is 9.00. The monoisotopic (exact) mass is 435 g/mol. The molecule has 2 aromatic heterocycles. The van der Waals surface area contributed by atoms with Crippen LogP contribution in [0.25, 0.3) is 11.5 Å². The van der Waals surface area contributed by atoms with Crippen LogP contribution in [-0.4, -0.2) is 35.8 Å². The number of halogens is 1. The molecule has 0 spiro atoms. The van der Waals surface area contributed by atoms with Gasteiger partial charge < -0.3 is 4.42 Å². The van der Waals surface area contributed by atoms with Crippen molar-refractivity contribution in [2.45, 2.75) is 28.5 Å². The van der Waals surface area contributed by atoms with Gasteiger partial charge in [-0.3, -0.25) is 0 Å². The Morgan fingerprint density at radius 1 is 1.11 bits per heavy atom. The van der Waals surface area contributed by atoms with E-state index in [-0.39, 0.29) is 4.90 Å². The molecule has 3 aromatic rings. The van der Waals surface area contributed by atoms with Crippen molar-refractivity contribution in [3.8, 4) is 11.5 Å². The van der Waals surface area contributed by atoms with E-state index < -0.39 is 10.0 Å². The van der Waals surface area contributed by atoms with Crippen molar-refractivity contribution in [2.75, 3.05) is 13.1 Å². The highest BCUT2D eigenvalue weighted by molar-refractivity contribution is 7.98. The van der Waals surface area contributed by atoms with E-state index in [9.17, 15) is 8.42 Å². The van der Waals surface area contributed by atoms with Gasteiger partial charge in [0.15, 0.2) is 0 Å². The lowest BCUT2D eigenvalue weighted by atomic mass is 10.2.